The second-order valence-electron chi connectivity index (χ2n) is 6.22. The zero-order chi connectivity index (χ0) is 16.8. The topological polar surface area (TPSA) is 60.1 Å². The van der Waals surface area contributed by atoms with Crippen LogP contribution in [-0.4, -0.2) is 26.1 Å². The number of carbonyl (C=O) groups excluding carboxylic acids is 1. The number of aryl methyl sites for hydroxylation is 1. The van der Waals surface area contributed by atoms with Crippen molar-refractivity contribution in [3.63, 3.8) is 0 Å². The van der Waals surface area contributed by atoms with Crippen molar-refractivity contribution in [2.24, 2.45) is 7.05 Å². The first-order chi connectivity index (χ1) is 11.6. The molecule has 3 aromatic rings. The van der Waals surface area contributed by atoms with Crippen molar-refractivity contribution in [3.05, 3.63) is 58.6 Å². The number of fused-ring (bicyclic) bond motifs is 2. The fourth-order valence-corrected chi connectivity index (χ4v) is 3.54. The van der Waals surface area contributed by atoms with Gasteiger partial charge in [0.2, 0.25) is 5.91 Å². The molecule has 0 saturated carbocycles. The predicted octanol–water partition coefficient (Wildman–Crippen LogP) is 1.71. The van der Waals surface area contributed by atoms with Gasteiger partial charge in [0, 0.05) is 25.0 Å². The zero-order valence-corrected chi connectivity index (χ0v) is 13.6. The second-order valence-corrected chi connectivity index (χ2v) is 6.22. The van der Waals surface area contributed by atoms with E-state index in [2.05, 4.69) is 4.98 Å². The minimum Gasteiger partial charge on any atom is -0.307 e. The Kier molecular flexibility index (Phi) is 3.26. The fraction of sp³-hybridized carbons (Fsp3) is 0.278. The van der Waals surface area contributed by atoms with E-state index in [0.717, 1.165) is 12.1 Å². The molecule has 6 heteroatoms. The van der Waals surface area contributed by atoms with Gasteiger partial charge in [0.15, 0.2) is 5.65 Å². The van der Waals surface area contributed by atoms with Gasteiger partial charge < -0.3 is 4.90 Å². The van der Waals surface area contributed by atoms with Crippen LogP contribution in [0.5, 0.6) is 0 Å². The standard InChI is InChI=1S/C18H18N4O2/c1-12-10-13-6-3-4-7-14(13)22(12)16(23)11-21-15-8-5-9-19-17(15)20(2)18(21)24/h3-9,12H,10-11H2,1-2H3/t12-/m0/s1. The van der Waals surface area contributed by atoms with Gasteiger partial charge in [-0.25, -0.2) is 9.78 Å². The summed E-state index contributed by atoms with van der Waals surface area (Å²) in [5.74, 6) is -0.0779. The first-order valence-corrected chi connectivity index (χ1v) is 7.98. The van der Waals surface area contributed by atoms with Crippen LogP contribution < -0.4 is 10.6 Å². The molecule has 1 amide bonds. The van der Waals surface area contributed by atoms with Crippen LogP contribution in [-0.2, 0) is 24.8 Å². The Labute approximate surface area is 139 Å². The predicted molar refractivity (Wildman–Crippen MR) is 92.1 cm³/mol. The Bertz CT molecular complexity index is 1000. The first-order valence-electron chi connectivity index (χ1n) is 7.98. The summed E-state index contributed by atoms with van der Waals surface area (Å²) in [6.07, 6.45) is 2.49. The Morgan fingerprint density at radius 2 is 2.04 bits per heavy atom. The Morgan fingerprint density at radius 3 is 2.88 bits per heavy atom. The van der Waals surface area contributed by atoms with Gasteiger partial charge >= 0.3 is 5.69 Å². The molecule has 122 valence electrons. The molecule has 0 N–H and O–H groups in total. The minimum absolute atomic E-state index is 0.0144. The summed E-state index contributed by atoms with van der Waals surface area (Å²) in [5, 5.41) is 0. The number of imidazole rings is 1. The third-order valence-electron chi connectivity index (χ3n) is 4.66. The number of aromatic nitrogens is 3. The molecule has 0 unspecified atom stereocenters. The molecule has 0 saturated heterocycles. The van der Waals surface area contributed by atoms with E-state index in [0.29, 0.717) is 11.2 Å². The third kappa shape index (κ3) is 2.06. The van der Waals surface area contributed by atoms with Crippen molar-refractivity contribution in [2.45, 2.75) is 25.9 Å². The van der Waals surface area contributed by atoms with Crippen LogP contribution in [0, 0.1) is 0 Å². The molecular formula is C18H18N4O2. The monoisotopic (exact) mass is 322 g/mol. The molecular weight excluding hydrogens is 304 g/mol. The van der Waals surface area contributed by atoms with E-state index in [-0.39, 0.29) is 24.2 Å². The maximum Gasteiger partial charge on any atom is 0.330 e. The molecule has 0 radical (unpaired) electrons. The lowest BCUT2D eigenvalue weighted by atomic mass is 10.1. The highest BCUT2D eigenvalue weighted by Crippen LogP contribution is 2.32. The lowest BCUT2D eigenvalue weighted by Crippen LogP contribution is -2.40. The molecule has 4 rings (SSSR count). The highest BCUT2D eigenvalue weighted by Gasteiger charge is 2.31. The van der Waals surface area contributed by atoms with E-state index in [1.165, 1.54) is 14.7 Å². The smallest absolute Gasteiger partial charge is 0.307 e. The molecule has 1 aromatic carbocycles. The van der Waals surface area contributed by atoms with Gasteiger partial charge in [-0.05, 0) is 37.1 Å². The fourth-order valence-electron chi connectivity index (χ4n) is 3.54. The lowest BCUT2D eigenvalue weighted by molar-refractivity contribution is -0.119. The van der Waals surface area contributed by atoms with Gasteiger partial charge in [0.25, 0.3) is 0 Å². The van der Waals surface area contributed by atoms with E-state index >= 15 is 0 Å². The molecule has 1 aliphatic rings. The molecule has 1 aliphatic heterocycles. The van der Waals surface area contributed by atoms with Crippen LogP contribution in [0.2, 0.25) is 0 Å². The molecule has 3 heterocycles. The molecule has 1 atom stereocenters. The summed E-state index contributed by atoms with van der Waals surface area (Å²) in [7, 11) is 1.67. The van der Waals surface area contributed by atoms with Crippen molar-refractivity contribution >= 4 is 22.8 Å². The SMILES string of the molecule is C[C@H]1Cc2ccccc2N1C(=O)Cn1c(=O)n(C)c2ncccc21. The van der Waals surface area contributed by atoms with Crippen molar-refractivity contribution in [1.82, 2.24) is 14.1 Å². The largest absolute Gasteiger partial charge is 0.330 e. The number of benzene rings is 1. The molecule has 0 bridgehead atoms. The number of anilines is 1. The summed E-state index contributed by atoms with van der Waals surface area (Å²) in [5.41, 5.74) is 3.16. The van der Waals surface area contributed by atoms with Crippen LogP contribution >= 0.6 is 0 Å². The molecule has 2 aromatic heterocycles. The second kappa shape index (κ2) is 5.33. The Hall–Kier alpha value is -2.89. The highest BCUT2D eigenvalue weighted by molar-refractivity contribution is 5.96. The van der Waals surface area contributed by atoms with Crippen LogP contribution in [0.3, 0.4) is 0 Å². The maximum atomic E-state index is 12.9. The van der Waals surface area contributed by atoms with Gasteiger partial charge in [-0.1, -0.05) is 18.2 Å². The average molecular weight is 322 g/mol. The lowest BCUT2D eigenvalue weighted by Gasteiger charge is -2.22. The molecule has 0 fully saturated rings. The first kappa shape index (κ1) is 14.7. The summed E-state index contributed by atoms with van der Waals surface area (Å²) in [6, 6.07) is 11.6. The average Bonchev–Trinajstić information content (AvgIpc) is 3.04. The van der Waals surface area contributed by atoms with Crippen LogP contribution in [0.25, 0.3) is 11.2 Å². The third-order valence-corrected chi connectivity index (χ3v) is 4.66. The van der Waals surface area contributed by atoms with Gasteiger partial charge in [0.05, 0.1) is 5.52 Å². The van der Waals surface area contributed by atoms with E-state index < -0.39 is 0 Å². The van der Waals surface area contributed by atoms with Crippen molar-refractivity contribution in [1.29, 1.82) is 0 Å². The van der Waals surface area contributed by atoms with Crippen LogP contribution in [0.1, 0.15) is 12.5 Å². The summed E-state index contributed by atoms with van der Waals surface area (Å²) < 4.78 is 2.97. The summed E-state index contributed by atoms with van der Waals surface area (Å²) in [4.78, 5) is 31.4. The summed E-state index contributed by atoms with van der Waals surface area (Å²) in [6.45, 7) is 2.05. The molecule has 6 nitrogen and oxygen atoms in total. The van der Waals surface area contributed by atoms with E-state index in [4.69, 9.17) is 0 Å². The normalized spacial score (nSPS) is 16.6. The number of rotatable bonds is 2. The molecule has 0 aliphatic carbocycles. The van der Waals surface area contributed by atoms with Crippen molar-refractivity contribution in [3.8, 4) is 0 Å². The van der Waals surface area contributed by atoms with E-state index in [1.54, 1.807) is 24.2 Å². The number of amides is 1. The minimum atomic E-state index is -0.225. The summed E-state index contributed by atoms with van der Waals surface area (Å²) >= 11 is 0. The van der Waals surface area contributed by atoms with Gasteiger partial charge in [-0.15, -0.1) is 0 Å². The van der Waals surface area contributed by atoms with Crippen molar-refractivity contribution < 1.29 is 4.79 Å². The highest BCUT2D eigenvalue weighted by atomic mass is 16.2. The Balaban J connectivity index is 1.74. The molecule has 24 heavy (non-hydrogen) atoms. The van der Waals surface area contributed by atoms with E-state index in [1.807, 2.05) is 37.3 Å². The zero-order valence-electron chi connectivity index (χ0n) is 13.6. The number of nitrogens with zero attached hydrogens (tertiary/aromatic N) is 4. The Morgan fingerprint density at radius 1 is 1.25 bits per heavy atom. The maximum absolute atomic E-state index is 12.9. The van der Waals surface area contributed by atoms with Crippen LogP contribution in [0.15, 0.2) is 47.4 Å². The quantitative estimate of drug-likeness (QED) is 0.722. The van der Waals surface area contributed by atoms with Gasteiger partial charge in [-0.2, -0.15) is 0 Å². The van der Waals surface area contributed by atoms with Gasteiger partial charge in [-0.3, -0.25) is 13.9 Å². The van der Waals surface area contributed by atoms with E-state index in [9.17, 15) is 9.59 Å². The number of hydrogen-bond donors (Lipinski definition) is 0. The number of pyridine rings is 1. The number of para-hydroxylation sites is 1. The number of carbonyl (C=O) groups is 1. The number of hydrogen-bond acceptors (Lipinski definition) is 3. The molecule has 0 spiro atoms. The van der Waals surface area contributed by atoms with Crippen LogP contribution in [0.4, 0.5) is 5.69 Å². The van der Waals surface area contributed by atoms with Crippen molar-refractivity contribution in [2.75, 3.05) is 4.90 Å². The van der Waals surface area contributed by atoms with Gasteiger partial charge in [0.1, 0.15) is 6.54 Å².